The molecule has 1 saturated heterocycles. The van der Waals surface area contributed by atoms with Crippen LogP contribution in [0.3, 0.4) is 0 Å². The van der Waals surface area contributed by atoms with Crippen LogP contribution in [0.2, 0.25) is 5.02 Å². The Bertz CT molecular complexity index is 960. The van der Waals surface area contributed by atoms with E-state index in [4.69, 9.17) is 25.8 Å². The van der Waals surface area contributed by atoms with Crippen molar-refractivity contribution < 1.29 is 19.0 Å². The molecule has 164 valence electrons. The third kappa shape index (κ3) is 6.12. The van der Waals surface area contributed by atoms with Crippen molar-refractivity contribution >= 4 is 29.2 Å². The highest BCUT2D eigenvalue weighted by molar-refractivity contribution is 6.30. The largest absolute Gasteiger partial charge is 0.493 e. The number of carbonyl (C=O) groups excluding carboxylic acids is 1. The molecule has 0 saturated carbocycles. The minimum atomic E-state index is 0.110. The highest BCUT2D eigenvalue weighted by Gasteiger charge is 2.18. The average molecular weight is 442 g/mol. The number of carbonyl (C=O) groups is 1. The van der Waals surface area contributed by atoms with Gasteiger partial charge in [-0.1, -0.05) is 47.5 Å². The van der Waals surface area contributed by atoms with Crippen LogP contribution >= 0.6 is 11.6 Å². The van der Waals surface area contributed by atoms with E-state index in [9.17, 15) is 4.79 Å². The fourth-order valence-corrected chi connectivity index (χ4v) is 3.61. The summed E-state index contributed by atoms with van der Waals surface area (Å²) in [6.45, 7) is 4.45. The van der Waals surface area contributed by atoms with Crippen molar-refractivity contribution in [3.8, 4) is 11.5 Å². The third-order valence-electron chi connectivity index (χ3n) is 5.25. The molecule has 1 aliphatic heterocycles. The standard InChI is InChI=1S/C25H28ClNO4/c1-18(16-25(28)27-12-14-31-15-13-27)22(10-6-19-4-8-21(26)9-5-19)20-7-11-23(29-2)24(17-20)30-3/h4-11,17H,12-16H2,1-3H3. The summed E-state index contributed by atoms with van der Waals surface area (Å²) in [6.07, 6.45) is 4.39. The second-order valence-corrected chi connectivity index (χ2v) is 7.76. The molecule has 0 radical (unpaired) electrons. The monoisotopic (exact) mass is 441 g/mol. The molecule has 0 bridgehead atoms. The molecule has 6 heteroatoms. The predicted octanol–water partition coefficient (Wildman–Crippen LogP) is 5.09. The van der Waals surface area contributed by atoms with Gasteiger partial charge >= 0.3 is 0 Å². The summed E-state index contributed by atoms with van der Waals surface area (Å²) in [5.41, 5.74) is 3.93. The maximum Gasteiger partial charge on any atom is 0.226 e. The average Bonchev–Trinajstić information content (AvgIpc) is 2.80. The van der Waals surface area contributed by atoms with Gasteiger partial charge in [-0.2, -0.15) is 0 Å². The smallest absolute Gasteiger partial charge is 0.226 e. The molecule has 0 aliphatic carbocycles. The van der Waals surface area contributed by atoms with Gasteiger partial charge in [-0.25, -0.2) is 0 Å². The second-order valence-electron chi connectivity index (χ2n) is 7.32. The molecular weight excluding hydrogens is 414 g/mol. The third-order valence-corrected chi connectivity index (χ3v) is 5.50. The van der Waals surface area contributed by atoms with Crippen LogP contribution < -0.4 is 9.47 Å². The lowest BCUT2D eigenvalue weighted by Gasteiger charge is -2.27. The van der Waals surface area contributed by atoms with Gasteiger partial charge < -0.3 is 19.1 Å². The number of hydrogen-bond acceptors (Lipinski definition) is 4. The van der Waals surface area contributed by atoms with Crippen LogP contribution in [0.5, 0.6) is 11.5 Å². The van der Waals surface area contributed by atoms with Crippen molar-refractivity contribution in [2.75, 3.05) is 40.5 Å². The van der Waals surface area contributed by atoms with Crippen LogP contribution in [0, 0.1) is 0 Å². The molecule has 2 aromatic carbocycles. The van der Waals surface area contributed by atoms with Gasteiger partial charge in [-0.15, -0.1) is 0 Å². The summed E-state index contributed by atoms with van der Waals surface area (Å²) in [7, 11) is 3.23. The molecular formula is C25H28ClNO4. The summed E-state index contributed by atoms with van der Waals surface area (Å²) in [4.78, 5) is 14.7. The Balaban J connectivity index is 1.95. The topological polar surface area (TPSA) is 48.0 Å². The number of amides is 1. The molecule has 1 aliphatic rings. The van der Waals surface area contributed by atoms with Crippen LogP contribution in [0.4, 0.5) is 0 Å². The van der Waals surface area contributed by atoms with Crippen molar-refractivity contribution in [2.45, 2.75) is 13.3 Å². The molecule has 0 aromatic heterocycles. The Hall–Kier alpha value is -2.76. The first kappa shape index (κ1) is 22.9. The van der Waals surface area contributed by atoms with Crippen LogP contribution in [0.25, 0.3) is 11.6 Å². The lowest BCUT2D eigenvalue weighted by Crippen LogP contribution is -2.40. The first-order chi connectivity index (χ1) is 15.0. The molecule has 1 heterocycles. The fraction of sp³-hybridized carbons (Fsp3) is 0.320. The van der Waals surface area contributed by atoms with E-state index in [0.29, 0.717) is 49.2 Å². The number of allylic oxidation sites excluding steroid dienone is 2. The van der Waals surface area contributed by atoms with Crippen molar-refractivity contribution in [1.82, 2.24) is 4.90 Å². The molecule has 3 rings (SSSR count). The number of hydrogen-bond donors (Lipinski definition) is 0. The molecule has 5 nitrogen and oxygen atoms in total. The van der Waals surface area contributed by atoms with Crippen LogP contribution in [0.1, 0.15) is 24.5 Å². The zero-order valence-corrected chi connectivity index (χ0v) is 18.9. The fourth-order valence-electron chi connectivity index (χ4n) is 3.49. The van der Waals surface area contributed by atoms with Gasteiger partial charge in [0.2, 0.25) is 5.91 Å². The number of benzene rings is 2. The van der Waals surface area contributed by atoms with E-state index in [2.05, 4.69) is 0 Å². The van der Waals surface area contributed by atoms with E-state index in [1.807, 2.05) is 66.4 Å². The molecule has 2 aromatic rings. The van der Waals surface area contributed by atoms with Gasteiger partial charge in [0.25, 0.3) is 0 Å². The molecule has 31 heavy (non-hydrogen) atoms. The maximum atomic E-state index is 12.8. The highest BCUT2D eigenvalue weighted by Crippen LogP contribution is 2.33. The SMILES string of the molecule is COc1ccc(C(C=Cc2ccc(Cl)cc2)=C(C)CC(=O)N2CCOCC2)cc1OC. The minimum absolute atomic E-state index is 0.110. The lowest BCUT2D eigenvalue weighted by atomic mass is 9.96. The number of methoxy groups -OCH3 is 2. The van der Waals surface area contributed by atoms with Crippen LogP contribution in [0.15, 0.2) is 54.1 Å². The normalized spacial score (nSPS) is 15.0. The van der Waals surface area contributed by atoms with E-state index in [0.717, 1.165) is 22.3 Å². The summed E-state index contributed by atoms with van der Waals surface area (Å²) in [5, 5.41) is 0.695. The van der Waals surface area contributed by atoms with E-state index in [-0.39, 0.29) is 5.91 Å². The van der Waals surface area contributed by atoms with Gasteiger partial charge in [0.05, 0.1) is 27.4 Å². The Morgan fingerprint density at radius 3 is 2.39 bits per heavy atom. The quantitative estimate of drug-likeness (QED) is 0.561. The first-order valence-corrected chi connectivity index (χ1v) is 10.6. The zero-order chi connectivity index (χ0) is 22.2. The van der Waals surface area contributed by atoms with E-state index >= 15 is 0 Å². The van der Waals surface area contributed by atoms with E-state index in [1.54, 1.807) is 14.2 Å². The van der Waals surface area contributed by atoms with E-state index < -0.39 is 0 Å². The second kappa shape index (κ2) is 11.0. The molecule has 0 unspecified atom stereocenters. The molecule has 0 spiro atoms. The number of ether oxygens (including phenoxy) is 3. The maximum absolute atomic E-state index is 12.8. The van der Waals surface area contributed by atoms with Gasteiger partial charge in [0, 0.05) is 24.5 Å². The Labute approximate surface area is 188 Å². The molecule has 1 fully saturated rings. The highest BCUT2D eigenvalue weighted by atomic mass is 35.5. The molecule has 1 amide bonds. The Kier molecular flexibility index (Phi) is 8.15. The van der Waals surface area contributed by atoms with E-state index in [1.165, 1.54) is 0 Å². The van der Waals surface area contributed by atoms with Gasteiger partial charge in [0.15, 0.2) is 11.5 Å². The van der Waals surface area contributed by atoms with Crippen molar-refractivity contribution in [2.24, 2.45) is 0 Å². The summed E-state index contributed by atoms with van der Waals surface area (Å²) in [5.74, 6) is 1.41. The molecule has 0 N–H and O–H groups in total. The van der Waals surface area contributed by atoms with Gasteiger partial charge in [0.1, 0.15) is 0 Å². The number of halogens is 1. The number of morpholine rings is 1. The zero-order valence-electron chi connectivity index (χ0n) is 18.2. The Morgan fingerprint density at radius 2 is 1.74 bits per heavy atom. The predicted molar refractivity (Wildman–Crippen MR) is 125 cm³/mol. The van der Waals surface area contributed by atoms with Gasteiger partial charge in [-0.05, 0) is 47.9 Å². The summed E-state index contributed by atoms with van der Waals surface area (Å²) < 4.78 is 16.2. The Morgan fingerprint density at radius 1 is 1.06 bits per heavy atom. The van der Waals surface area contributed by atoms with Crippen molar-refractivity contribution in [3.63, 3.8) is 0 Å². The van der Waals surface area contributed by atoms with Crippen molar-refractivity contribution in [1.29, 1.82) is 0 Å². The van der Waals surface area contributed by atoms with Crippen LogP contribution in [-0.2, 0) is 9.53 Å². The summed E-state index contributed by atoms with van der Waals surface area (Å²) in [6, 6.07) is 13.4. The summed E-state index contributed by atoms with van der Waals surface area (Å²) >= 11 is 6.00. The molecule has 0 atom stereocenters. The lowest BCUT2D eigenvalue weighted by molar-refractivity contribution is -0.134. The minimum Gasteiger partial charge on any atom is -0.493 e. The number of rotatable bonds is 7. The number of nitrogens with zero attached hydrogens (tertiary/aromatic N) is 1. The van der Waals surface area contributed by atoms with Crippen LogP contribution in [-0.4, -0.2) is 51.3 Å². The van der Waals surface area contributed by atoms with Gasteiger partial charge in [-0.3, -0.25) is 4.79 Å². The first-order valence-electron chi connectivity index (χ1n) is 10.2. The van der Waals surface area contributed by atoms with Crippen molar-refractivity contribution in [3.05, 3.63) is 70.3 Å².